The Kier molecular flexibility index (Phi) is 9.50. The summed E-state index contributed by atoms with van der Waals surface area (Å²) < 4.78 is 20.6. The van der Waals surface area contributed by atoms with Gasteiger partial charge < -0.3 is 24.9 Å². The number of halogens is 2. The van der Waals surface area contributed by atoms with Crippen molar-refractivity contribution in [3.63, 3.8) is 0 Å². The van der Waals surface area contributed by atoms with Crippen LogP contribution in [0, 0.1) is 12.7 Å². The number of fused-ring (bicyclic) bond motifs is 1. The van der Waals surface area contributed by atoms with Crippen LogP contribution in [0.15, 0.2) is 29.4 Å². The number of benzene rings is 1. The number of ether oxygens (including phenoxy) is 1. The molecular weight excluding hydrogens is 500 g/mol. The molecule has 0 bridgehead atoms. The Balaban J connectivity index is 0.00000320. The van der Waals surface area contributed by atoms with E-state index in [0.717, 1.165) is 47.5 Å². The highest BCUT2D eigenvalue weighted by Crippen LogP contribution is 2.19. The molecule has 0 aliphatic heterocycles. The van der Waals surface area contributed by atoms with Gasteiger partial charge in [0, 0.05) is 51.0 Å². The first-order valence-corrected chi connectivity index (χ1v) is 9.70. The number of aryl methyl sites for hydroxylation is 1. The normalized spacial score (nSPS) is 11.5. The van der Waals surface area contributed by atoms with E-state index in [1.54, 1.807) is 19.2 Å². The first-order valence-electron chi connectivity index (χ1n) is 9.70. The van der Waals surface area contributed by atoms with E-state index in [1.807, 2.05) is 24.7 Å². The Bertz CT molecular complexity index is 969. The average Bonchev–Trinajstić information content (AvgIpc) is 3.26. The molecule has 0 atom stereocenters. The molecular formula is C20H29FIN7O. The standard InChI is InChI=1S/C20H28FN7O.HI/c1-14-26-27-19(28(14)2)13-25-20(22-8-4-10-29-3)23-9-7-15-12-24-18-6-5-16(21)11-17(15)18;/h5-6,11-12,24H,4,7-10,13H2,1-3H3,(H2,22,23,25);1H. The fourth-order valence-electron chi connectivity index (χ4n) is 3.01. The van der Waals surface area contributed by atoms with E-state index in [4.69, 9.17) is 4.74 Å². The summed E-state index contributed by atoms with van der Waals surface area (Å²) in [7, 11) is 3.61. The van der Waals surface area contributed by atoms with E-state index in [0.29, 0.717) is 25.7 Å². The molecule has 0 aliphatic carbocycles. The van der Waals surface area contributed by atoms with Crippen LogP contribution >= 0.6 is 24.0 Å². The minimum Gasteiger partial charge on any atom is -0.385 e. The molecule has 0 aliphatic rings. The van der Waals surface area contributed by atoms with Crippen molar-refractivity contribution >= 4 is 40.8 Å². The summed E-state index contributed by atoms with van der Waals surface area (Å²) >= 11 is 0. The largest absolute Gasteiger partial charge is 0.385 e. The number of hydrogen-bond acceptors (Lipinski definition) is 4. The van der Waals surface area contributed by atoms with Crippen LogP contribution in [0.2, 0.25) is 0 Å². The van der Waals surface area contributed by atoms with Crippen LogP contribution < -0.4 is 10.6 Å². The Morgan fingerprint density at radius 3 is 2.80 bits per heavy atom. The number of H-pyrrole nitrogens is 1. The molecule has 3 N–H and O–H groups in total. The van der Waals surface area contributed by atoms with Crippen LogP contribution in [-0.4, -0.2) is 52.5 Å². The lowest BCUT2D eigenvalue weighted by Gasteiger charge is -2.12. The summed E-state index contributed by atoms with van der Waals surface area (Å²) in [6.45, 7) is 4.43. The molecule has 0 fully saturated rings. The Labute approximate surface area is 192 Å². The van der Waals surface area contributed by atoms with Crippen LogP contribution in [0.25, 0.3) is 10.9 Å². The Hall–Kier alpha value is -2.21. The van der Waals surface area contributed by atoms with Gasteiger partial charge in [0.2, 0.25) is 0 Å². The maximum absolute atomic E-state index is 13.6. The van der Waals surface area contributed by atoms with Gasteiger partial charge in [-0.1, -0.05) is 0 Å². The van der Waals surface area contributed by atoms with Crippen molar-refractivity contribution in [1.82, 2.24) is 30.4 Å². The van der Waals surface area contributed by atoms with Gasteiger partial charge >= 0.3 is 0 Å². The van der Waals surface area contributed by atoms with Crippen LogP contribution in [0.3, 0.4) is 0 Å². The summed E-state index contributed by atoms with van der Waals surface area (Å²) in [4.78, 5) is 7.81. The average molecular weight is 529 g/mol. The number of aliphatic imine (C=N–C) groups is 1. The third-order valence-corrected chi connectivity index (χ3v) is 4.80. The minimum absolute atomic E-state index is 0. The van der Waals surface area contributed by atoms with Crippen LogP contribution in [-0.2, 0) is 24.8 Å². The number of guanidine groups is 1. The molecule has 1 aromatic carbocycles. The first-order chi connectivity index (χ1) is 14.1. The number of methoxy groups -OCH3 is 1. The lowest BCUT2D eigenvalue weighted by Crippen LogP contribution is -2.39. The van der Waals surface area contributed by atoms with Crippen LogP contribution in [0.1, 0.15) is 23.6 Å². The highest BCUT2D eigenvalue weighted by Gasteiger charge is 2.07. The zero-order valence-electron chi connectivity index (χ0n) is 17.5. The number of hydrogen-bond donors (Lipinski definition) is 3. The molecule has 0 saturated heterocycles. The van der Waals surface area contributed by atoms with Gasteiger partial charge in [0.05, 0.1) is 0 Å². The van der Waals surface area contributed by atoms with E-state index < -0.39 is 0 Å². The molecule has 2 heterocycles. The van der Waals surface area contributed by atoms with Gasteiger partial charge in [0.1, 0.15) is 18.2 Å². The summed E-state index contributed by atoms with van der Waals surface area (Å²) in [6.07, 6.45) is 3.55. The van der Waals surface area contributed by atoms with Crippen molar-refractivity contribution in [2.75, 3.05) is 26.8 Å². The molecule has 3 aromatic rings. The van der Waals surface area contributed by atoms with E-state index in [9.17, 15) is 4.39 Å². The van der Waals surface area contributed by atoms with Crippen molar-refractivity contribution in [3.05, 3.63) is 47.4 Å². The van der Waals surface area contributed by atoms with Gasteiger partial charge in [-0.3, -0.25) is 0 Å². The van der Waals surface area contributed by atoms with Crippen molar-refractivity contribution < 1.29 is 9.13 Å². The van der Waals surface area contributed by atoms with Crippen molar-refractivity contribution in [1.29, 1.82) is 0 Å². The Morgan fingerprint density at radius 2 is 2.07 bits per heavy atom. The van der Waals surface area contributed by atoms with Gasteiger partial charge in [-0.05, 0) is 43.5 Å². The zero-order chi connectivity index (χ0) is 20.6. The van der Waals surface area contributed by atoms with Crippen LogP contribution in [0.4, 0.5) is 4.39 Å². The summed E-state index contributed by atoms with van der Waals surface area (Å²) in [5.41, 5.74) is 2.00. The molecule has 3 rings (SSSR count). The maximum atomic E-state index is 13.6. The highest BCUT2D eigenvalue weighted by molar-refractivity contribution is 14.0. The second-order valence-electron chi connectivity index (χ2n) is 6.84. The Morgan fingerprint density at radius 1 is 1.27 bits per heavy atom. The summed E-state index contributed by atoms with van der Waals surface area (Å²) in [5.74, 6) is 2.12. The predicted molar refractivity (Wildman–Crippen MR) is 127 cm³/mol. The SMILES string of the molecule is COCCCNC(=NCc1nnc(C)n1C)NCCc1c[nH]c2ccc(F)cc12.I. The van der Waals surface area contributed by atoms with Crippen molar-refractivity contribution in [2.24, 2.45) is 12.0 Å². The van der Waals surface area contributed by atoms with E-state index in [2.05, 4.69) is 30.8 Å². The molecule has 2 aromatic heterocycles. The lowest BCUT2D eigenvalue weighted by molar-refractivity contribution is 0.195. The second kappa shape index (κ2) is 11.8. The van der Waals surface area contributed by atoms with Crippen molar-refractivity contribution in [3.8, 4) is 0 Å². The number of nitrogens with one attached hydrogen (secondary N) is 3. The molecule has 0 amide bonds. The van der Waals surface area contributed by atoms with Gasteiger partial charge in [0.25, 0.3) is 0 Å². The zero-order valence-corrected chi connectivity index (χ0v) is 19.9. The highest BCUT2D eigenvalue weighted by atomic mass is 127. The fourth-order valence-corrected chi connectivity index (χ4v) is 3.01. The number of aromatic nitrogens is 4. The molecule has 0 saturated carbocycles. The van der Waals surface area contributed by atoms with Gasteiger partial charge in [0.15, 0.2) is 11.8 Å². The molecule has 8 nitrogen and oxygen atoms in total. The van der Waals surface area contributed by atoms with Gasteiger partial charge in [-0.25, -0.2) is 9.38 Å². The number of rotatable bonds is 9. The topological polar surface area (TPSA) is 92.2 Å². The molecule has 164 valence electrons. The molecule has 10 heteroatoms. The molecule has 30 heavy (non-hydrogen) atoms. The monoisotopic (exact) mass is 529 g/mol. The van der Waals surface area contributed by atoms with E-state index in [1.165, 1.54) is 6.07 Å². The summed E-state index contributed by atoms with van der Waals surface area (Å²) in [5, 5.41) is 15.8. The third-order valence-electron chi connectivity index (χ3n) is 4.80. The third kappa shape index (κ3) is 6.39. The van der Waals surface area contributed by atoms with Gasteiger partial charge in [-0.2, -0.15) is 0 Å². The first kappa shape index (κ1) is 24.1. The summed E-state index contributed by atoms with van der Waals surface area (Å²) in [6, 6.07) is 4.79. The number of nitrogens with zero attached hydrogens (tertiary/aromatic N) is 4. The fraction of sp³-hybridized carbons (Fsp3) is 0.450. The molecule has 0 unspecified atom stereocenters. The van der Waals surface area contributed by atoms with Gasteiger partial charge in [-0.15, -0.1) is 34.2 Å². The second-order valence-corrected chi connectivity index (χ2v) is 6.84. The molecule has 0 radical (unpaired) electrons. The smallest absolute Gasteiger partial charge is 0.191 e. The molecule has 0 spiro atoms. The predicted octanol–water partition coefficient (Wildman–Crippen LogP) is 2.68. The van der Waals surface area contributed by atoms with E-state index in [-0.39, 0.29) is 29.8 Å². The maximum Gasteiger partial charge on any atom is 0.191 e. The van der Waals surface area contributed by atoms with E-state index >= 15 is 0 Å². The lowest BCUT2D eigenvalue weighted by atomic mass is 10.1. The van der Waals surface area contributed by atoms with Crippen molar-refractivity contribution in [2.45, 2.75) is 26.3 Å². The van der Waals surface area contributed by atoms with Crippen LogP contribution in [0.5, 0.6) is 0 Å². The minimum atomic E-state index is -0.229. The number of aromatic amines is 1. The quantitative estimate of drug-likeness (QED) is 0.172.